The first-order valence-electron chi connectivity index (χ1n) is 6.03. The van der Waals surface area contributed by atoms with E-state index in [2.05, 4.69) is 43.2 Å². The Morgan fingerprint density at radius 3 is 2.20 bits per heavy atom. The molecule has 15 heavy (non-hydrogen) atoms. The lowest BCUT2D eigenvalue weighted by Crippen LogP contribution is -2.58. The Balaban J connectivity index is 1.79. The van der Waals surface area contributed by atoms with Crippen LogP contribution in [0.4, 0.5) is 0 Å². The molecule has 0 aromatic heterocycles. The van der Waals surface area contributed by atoms with Gasteiger partial charge in [-0.25, -0.2) is 0 Å². The normalized spacial score (nSPS) is 31.9. The van der Waals surface area contributed by atoms with Crippen LogP contribution in [-0.2, 0) is 0 Å². The van der Waals surface area contributed by atoms with E-state index in [0.717, 1.165) is 13.1 Å². The molecule has 1 saturated carbocycles. The summed E-state index contributed by atoms with van der Waals surface area (Å²) in [5.41, 5.74) is 0.335. The van der Waals surface area contributed by atoms with Gasteiger partial charge in [-0.1, -0.05) is 32.6 Å². The molecule has 2 nitrogen and oxygen atoms in total. The molecule has 2 unspecified atom stereocenters. The average molecular weight is 206 g/mol. The van der Waals surface area contributed by atoms with Crippen molar-refractivity contribution in [1.82, 2.24) is 10.6 Å². The molecule has 1 aliphatic carbocycles. The Morgan fingerprint density at radius 2 is 1.73 bits per heavy atom. The highest BCUT2D eigenvalue weighted by atomic mass is 15.1. The van der Waals surface area contributed by atoms with Crippen LogP contribution in [0.3, 0.4) is 0 Å². The summed E-state index contributed by atoms with van der Waals surface area (Å²) in [5, 5.41) is 7.11. The third kappa shape index (κ3) is 3.22. The maximum atomic E-state index is 3.59. The largest absolute Gasteiger partial charge is 0.310 e. The third-order valence-electron chi connectivity index (χ3n) is 3.22. The van der Waals surface area contributed by atoms with Crippen LogP contribution in [0.1, 0.15) is 33.6 Å². The topological polar surface area (TPSA) is 24.1 Å². The number of nitrogens with one attached hydrogen (secondary N) is 2. The van der Waals surface area contributed by atoms with Crippen molar-refractivity contribution in [3.63, 3.8) is 0 Å². The molecule has 0 bridgehead atoms. The molecule has 2 aliphatic rings. The summed E-state index contributed by atoms with van der Waals surface area (Å²) in [5.74, 6) is 7.37. The summed E-state index contributed by atoms with van der Waals surface area (Å²) in [6.07, 6.45) is 2.63. The van der Waals surface area contributed by atoms with Crippen LogP contribution in [-0.4, -0.2) is 25.2 Å². The van der Waals surface area contributed by atoms with E-state index in [1.807, 2.05) is 0 Å². The van der Waals surface area contributed by atoms with Crippen molar-refractivity contribution in [1.29, 1.82) is 0 Å². The van der Waals surface area contributed by atoms with E-state index in [1.54, 1.807) is 0 Å². The summed E-state index contributed by atoms with van der Waals surface area (Å²) in [6.45, 7) is 8.86. The SMILES string of the molecule is CC(C)(C)C1CNC(C#CC2CC2)CN1. The van der Waals surface area contributed by atoms with Crippen LogP contribution < -0.4 is 10.6 Å². The van der Waals surface area contributed by atoms with Crippen LogP contribution in [0.15, 0.2) is 0 Å². The first-order valence-corrected chi connectivity index (χ1v) is 6.03. The van der Waals surface area contributed by atoms with Crippen molar-refractivity contribution in [2.45, 2.75) is 45.7 Å². The molecule has 0 aromatic rings. The molecular weight excluding hydrogens is 184 g/mol. The zero-order chi connectivity index (χ0) is 10.9. The summed E-state index contributed by atoms with van der Waals surface area (Å²) in [4.78, 5) is 0. The minimum absolute atomic E-state index is 0.335. The van der Waals surface area contributed by atoms with Gasteiger partial charge in [0.1, 0.15) is 0 Å². The van der Waals surface area contributed by atoms with Crippen molar-refractivity contribution in [3.05, 3.63) is 0 Å². The molecule has 2 atom stereocenters. The Labute approximate surface area is 93.2 Å². The van der Waals surface area contributed by atoms with E-state index in [9.17, 15) is 0 Å². The molecule has 0 amide bonds. The van der Waals surface area contributed by atoms with Crippen LogP contribution in [0.5, 0.6) is 0 Å². The summed E-state index contributed by atoms with van der Waals surface area (Å²) < 4.78 is 0. The summed E-state index contributed by atoms with van der Waals surface area (Å²) >= 11 is 0. The fourth-order valence-corrected chi connectivity index (χ4v) is 1.83. The second-order valence-electron chi connectivity index (χ2n) is 5.85. The van der Waals surface area contributed by atoms with Crippen molar-refractivity contribution in [2.24, 2.45) is 11.3 Å². The van der Waals surface area contributed by atoms with Gasteiger partial charge in [0.05, 0.1) is 6.04 Å². The van der Waals surface area contributed by atoms with Crippen molar-refractivity contribution < 1.29 is 0 Å². The van der Waals surface area contributed by atoms with E-state index in [-0.39, 0.29) is 0 Å². The van der Waals surface area contributed by atoms with Crippen LogP contribution in [0, 0.1) is 23.2 Å². The third-order valence-corrected chi connectivity index (χ3v) is 3.22. The Bertz CT molecular complexity index is 267. The van der Waals surface area contributed by atoms with Gasteiger partial charge in [0.25, 0.3) is 0 Å². The van der Waals surface area contributed by atoms with Gasteiger partial charge >= 0.3 is 0 Å². The summed E-state index contributed by atoms with van der Waals surface area (Å²) in [6, 6.07) is 0.931. The lowest BCUT2D eigenvalue weighted by atomic mass is 9.85. The molecule has 0 spiro atoms. The van der Waals surface area contributed by atoms with Gasteiger partial charge in [-0.3, -0.25) is 0 Å². The van der Waals surface area contributed by atoms with Crippen LogP contribution >= 0.6 is 0 Å². The van der Waals surface area contributed by atoms with Gasteiger partial charge in [-0.2, -0.15) is 0 Å². The number of piperazine rings is 1. The molecule has 1 heterocycles. The number of hydrogen-bond donors (Lipinski definition) is 2. The number of hydrogen-bond acceptors (Lipinski definition) is 2. The maximum absolute atomic E-state index is 3.59. The first-order chi connectivity index (χ1) is 7.05. The lowest BCUT2D eigenvalue weighted by molar-refractivity contribution is 0.227. The second kappa shape index (κ2) is 4.15. The average Bonchev–Trinajstić information content (AvgIpc) is 2.97. The molecule has 1 aliphatic heterocycles. The minimum Gasteiger partial charge on any atom is -0.310 e. The molecular formula is C13H22N2. The van der Waals surface area contributed by atoms with Gasteiger partial charge < -0.3 is 10.6 Å². The van der Waals surface area contributed by atoms with Gasteiger partial charge in [0.15, 0.2) is 0 Å². The van der Waals surface area contributed by atoms with Crippen molar-refractivity contribution >= 4 is 0 Å². The zero-order valence-corrected chi connectivity index (χ0v) is 10.1. The molecule has 2 N–H and O–H groups in total. The van der Waals surface area contributed by atoms with E-state index in [4.69, 9.17) is 0 Å². The van der Waals surface area contributed by atoms with E-state index in [0.29, 0.717) is 23.4 Å². The van der Waals surface area contributed by atoms with Crippen molar-refractivity contribution in [3.8, 4) is 11.8 Å². The quantitative estimate of drug-likeness (QED) is 0.585. The lowest BCUT2D eigenvalue weighted by Gasteiger charge is -2.37. The molecule has 1 saturated heterocycles. The highest BCUT2D eigenvalue weighted by molar-refractivity contribution is 5.16. The van der Waals surface area contributed by atoms with Crippen LogP contribution in [0.2, 0.25) is 0 Å². The Hall–Kier alpha value is -0.520. The van der Waals surface area contributed by atoms with E-state index >= 15 is 0 Å². The van der Waals surface area contributed by atoms with Gasteiger partial charge in [0, 0.05) is 25.0 Å². The fourth-order valence-electron chi connectivity index (χ4n) is 1.83. The molecule has 84 valence electrons. The molecule has 2 fully saturated rings. The van der Waals surface area contributed by atoms with Crippen molar-refractivity contribution in [2.75, 3.05) is 13.1 Å². The van der Waals surface area contributed by atoms with E-state index in [1.165, 1.54) is 12.8 Å². The zero-order valence-electron chi connectivity index (χ0n) is 10.1. The highest BCUT2D eigenvalue weighted by Crippen LogP contribution is 2.27. The van der Waals surface area contributed by atoms with E-state index < -0.39 is 0 Å². The molecule has 0 aromatic carbocycles. The first kappa shape index (κ1) is 11.0. The smallest absolute Gasteiger partial charge is 0.0816 e. The standard InChI is InChI=1S/C13H22N2/c1-13(2,3)12-9-14-11(8-15-12)7-6-10-4-5-10/h10-12,14-15H,4-5,8-9H2,1-3H3. The van der Waals surface area contributed by atoms with Gasteiger partial charge in [-0.05, 0) is 18.3 Å². The summed E-state index contributed by atoms with van der Waals surface area (Å²) in [7, 11) is 0. The Morgan fingerprint density at radius 1 is 1.00 bits per heavy atom. The molecule has 0 radical (unpaired) electrons. The van der Waals surface area contributed by atoms with Gasteiger partial charge in [0.2, 0.25) is 0 Å². The number of rotatable bonds is 0. The molecule has 2 rings (SSSR count). The van der Waals surface area contributed by atoms with Crippen LogP contribution in [0.25, 0.3) is 0 Å². The van der Waals surface area contributed by atoms with Gasteiger partial charge in [-0.15, -0.1) is 0 Å². The monoisotopic (exact) mass is 206 g/mol. The Kier molecular flexibility index (Phi) is 3.04. The molecule has 2 heteroatoms. The predicted octanol–water partition coefficient (Wildman–Crippen LogP) is 1.38. The maximum Gasteiger partial charge on any atom is 0.0816 e. The second-order valence-corrected chi connectivity index (χ2v) is 5.85. The minimum atomic E-state index is 0.335. The highest BCUT2D eigenvalue weighted by Gasteiger charge is 2.28. The fraction of sp³-hybridized carbons (Fsp3) is 0.846. The predicted molar refractivity (Wildman–Crippen MR) is 63.5 cm³/mol.